The maximum Gasteiger partial charge on any atom is 0.264 e. The summed E-state index contributed by atoms with van der Waals surface area (Å²) >= 11 is 13.4. The van der Waals surface area contributed by atoms with Crippen LogP contribution in [0.25, 0.3) is 6.08 Å². The molecule has 32 heavy (non-hydrogen) atoms. The van der Waals surface area contributed by atoms with Crippen molar-refractivity contribution in [3.05, 3.63) is 98.4 Å². The molecule has 0 fully saturated rings. The molecule has 1 heterocycles. The summed E-state index contributed by atoms with van der Waals surface area (Å²) in [5.41, 5.74) is 3.19. The number of thioether (sulfide) groups is 1. The lowest BCUT2D eigenvalue weighted by molar-refractivity contribution is -0.114. The second-order valence-corrected chi connectivity index (χ2v) is 9.30. The topological polar surface area (TPSA) is 49.4 Å². The zero-order chi connectivity index (χ0) is 22.7. The minimum Gasteiger partial charge on any atom is -0.352 e. The number of carbonyl (C=O) groups excluding carboxylic acids is 2. The average Bonchev–Trinajstić information content (AvgIpc) is 2.78. The van der Waals surface area contributed by atoms with Crippen molar-refractivity contribution in [1.29, 1.82) is 0 Å². The van der Waals surface area contributed by atoms with Gasteiger partial charge in [0, 0.05) is 34.1 Å². The maximum atomic E-state index is 12.9. The summed E-state index contributed by atoms with van der Waals surface area (Å²) in [4.78, 5) is 28.6. The maximum absolute atomic E-state index is 12.9. The molecule has 0 atom stereocenters. The number of halogens is 2. The van der Waals surface area contributed by atoms with Gasteiger partial charge < -0.3 is 10.2 Å². The van der Waals surface area contributed by atoms with Crippen LogP contribution in [0.5, 0.6) is 0 Å². The van der Waals surface area contributed by atoms with Gasteiger partial charge in [-0.05, 0) is 66.1 Å². The fourth-order valence-corrected chi connectivity index (χ4v) is 4.77. The Bertz CT molecular complexity index is 1210. The summed E-state index contributed by atoms with van der Waals surface area (Å²) in [7, 11) is 1.72. The zero-order valence-electron chi connectivity index (χ0n) is 17.3. The molecule has 0 radical (unpaired) electrons. The van der Waals surface area contributed by atoms with Crippen molar-refractivity contribution >= 4 is 58.5 Å². The van der Waals surface area contributed by atoms with Crippen LogP contribution in [-0.2, 0) is 11.2 Å². The van der Waals surface area contributed by atoms with E-state index in [1.807, 2.05) is 54.6 Å². The second-order valence-electron chi connectivity index (χ2n) is 7.34. The van der Waals surface area contributed by atoms with Gasteiger partial charge >= 0.3 is 0 Å². The molecule has 7 heteroatoms. The first-order valence-corrected chi connectivity index (χ1v) is 11.6. The minimum absolute atomic E-state index is 0.122. The van der Waals surface area contributed by atoms with Crippen LogP contribution in [-0.4, -0.2) is 25.4 Å². The Morgan fingerprint density at radius 3 is 2.56 bits per heavy atom. The number of rotatable bonds is 5. The van der Waals surface area contributed by atoms with Crippen LogP contribution >= 0.6 is 35.0 Å². The molecule has 0 aliphatic carbocycles. The van der Waals surface area contributed by atoms with Crippen molar-refractivity contribution in [3.63, 3.8) is 0 Å². The third kappa shape index (κ3) is 5.18. The number of amides is 2. The average molecular weight is 483 g/mol. The third-order valence-corrected chi connectivity index (χ3v) is 6.64. The molecule has 0 saturated heterocycles. The van der Waals surface area contributed by atoms with Crippen LogP contribution in [0.4, 0.5) is 5.69 Å². The van der Waals surface area contributed by atoms with E-state index in [2.05, 4.69) is 5.32 Å². The highest BCUT2D eigenvalue weighted by Crippen LogP contribution is 2.42. The van der Waals surface area contributed by atoms with Gasteiger partial charge in [-0.2, -0.15) is 0 Å². The molecule has 0 bridgehead atoms. The predicted molar refractivity (Wildman–Crippen MR) is 133 cm³/mol. The zero-order valence-corrected chi connectivity index (χ0v) is 19.6. The van der Waals surface area contributed by atoms with Crippen molar-refractivity contribution in [3.8, 4) is 0 Å². The molecule has 4 nitrogen and oxygen atoms in total. The molecular weight excluding hydrogens is 463 g/mol. The molecule has 1 N–H and O–H groups in total. The summed E-state index contributed by atoms with van der Waals surface area (Å²) in [5, 5.41) is 4.24. The fraction of sp³-hybridized carbons (Fsp3) is 0.120. The highest BCUT2D eigenvalue weighted by Gasteiger charge is 2.27. The van der Waals surface area contributed by atoms with Crippen LogP contribution in [0.15, 0.2) is 76.5 Å². The molecule has 0 spiro atoms. The van der Waals surface area contributed by atoms with E-state index in [9.17, 15) is 9.59 Å². The second kappa shape index (κ2) is 9.82. The van der Waals surface area contributed by atoms with Crippen molar-refractivity contribution in [2.24, 2.45) is 0 Å². The van der Waals surface area contributed by atoms with Crippen molar-refractivity contribution in [2.45, 2.75) is 11.3 Å². The lowest BCUT2D eigenvalue weighted by atomic mass is 10.1. The van der Waals surface area contributed by atoms with Gasteiger partial charge in [-0.1, -0.05) is 59.2 Å². The van der Waals surface area contributed by atoms with Gasteiger partial charge in [0.1, 0.15) is 0 Å². The quantitative estimate of drug-likeness (QED) is 0.448. The van der Waals surface area contributed by atoms with Crippen molar-refractivity contribution in [2.75, 3.05) is 18.5 Å². The highest BCUT2D eigenvalue weighted by atomic mass is 35.5. The molecule has 1 aliphatic rings. The fourth-order valence-electron chi connectivity index (χ4n) is 3.36. The van der Waals surface area contributed by atoms with Crippen LogP contribution in [0.2, 0.25) is 10.0 Å². The normalized spacial score (nSPS) is 14.4. The molecule has 162 valence electrons. The van der Waals surface area contributed by atoms with Crippen LogP contribution in [0.3, 0.4) is 0 Å². The Kier molecular flexibility index (Phi) is 6.89. The van der Waals surface area contributed by atoms with E-state index in [1.165, 1.54) is 11.8 Å². The molecule has 0 unspecified atom stereocenters. The van der Waals surface area contributed by atoms with E-state index in [-0.39, 0.29) is 11.8 Å². The monoisotopic (exact) mass is 482 g/mol. The lowest BCUT2D eigenvalue weighted by Gasteiger charge is -2.27. The Hall–Kier alpha value is -2.73. The Morgan fingerprint density at radius 1 is 1.03 bits per heavy atom. The number of carbonyl (C=O) groups is 2. The Labute approximate surface area is 201 Å². The van der Waals surface area contributed by atoms with Gasteiger partial charge in [0.05, 0.1) is 10.6 Å². The number of nitrogens with one attached hydrogen (secondary N) is 1. The summed E-state index contributed by atoms with van der Waals surface area (Å²) < 4.78 is 0. The number of benzene rings is 3. The summed E-state index contributed by atoms with van der Waals surface area (Å²) in [5.74, 6) is -0.296. The summed E-state index contributed by atoms with van der Waals surface area (Å²) in [6.45, 7) is 0.508. The number of nitrogens with zero attached hydrogens (tertiary/aromatic N) is 1. The molecule has 3 aromatic carbocycles. The minimum atomic E-state index is -0.173. The van der Waals surface area contributed by atoms with Gasteiger partial charge in [0.25, 0.3) is 11.8 Å². The molecular formula is C25H20Cl2N2O2S. The van der Waals surface area contributed by atoms with E-state index in [0.717, 1.165) is 16.0 Å². The lowest BCUT2D eigenvalue weighted by Crippen LogP contribution is -2.31. The van der Waals surface area contributed by atoms with Gasteiger partial charge in [0.2, 0.25) is 0 Å². The molecule has 2 amide bonds. The van der Waals surface area contributed by atoms with E-state index in [1.54, 1.807) is 30.1 Å². The standard InChI is InChI=1S/C25H20Cl2N2O2S/c1-29-21-15-18(24(30)28-12-11-16-5-8-19(26)9-6-16)7-10-22(21)32-23(25(29)31)14-17-3-2-4-20(27)13-17/h2-10,13-15H,11-12H2,1H3,(H,28,30). The van der Waals surface area contributed by atoms with Gasteiger partial charge in [-0.15, -0.1) is 0 Å². The summed E-state index contributed by atoms with van der Waals surface area (Å²) in [6.07, 6.45) is 2.54. The van der Waals surface area contributed by atoms with Gasteiger partial charge in [-0.3, -0.25) is 9.59 Å². The first kappa shape index (κ1) is 22.5. The molecule has 0 aromatic heterocycles. The predicted octanol–water partition coefficient (Wildman–Crippen LogP) is 6.08. The number of anilines is 1. The van der Waals surface area contributed by atoms with Crippen molar-refractivity contribution < 1.29 is 9.59 Å². The van der Waals surface area contributed by atoms with Crippen LogP contribution < -0.4 is 10.2 Å². The van der Waals surface area contributed by atoms with E-state index in [0.29, 0.717) is 39.2 Å². The van der Waals surface area contributed by atoms with Crippen LogP contribution in [0, 0.1) is 0 Å². The molecule has 4 rings (SSSR count). The Morgan fingerprint density at radius 2 is 1.81 bits per heavy atom. The number of likely N-dealkylation sites (N-methyl/N-ethyl adjacent to an activating group) is 1. The molecule has 0 saturated carbocycles. The number of hydrogen-bond acceptors (Lipinski definition) is 3. The largest absolute Gasteiger partial charge is 0.352 e. The Balaban J connectivity index is 1.46. The number of fused-ring (bicyclic) bond motifs is 1. The van der Waals surface area contributed by atoms with Gasteiger partial charge in [0.15, 0.2) is 0 Å². The van der Waals surface area contributed by atoms with E-state index < -0.39 is 0 Å². The molecule has 3 aromatic rings. The van der Waals surface area contributed by atoms with E-state index in [4.69, 9.17) is 23.2 Å². The first-order valence-electron chi connectivity index (χ1n) is 10.0. The van der Waals surface area contributed by atoms with Gasteiger partial charge in [-0.25, -0.2) is 0 Å². The van der Waals surface area contributed by atoms with Crippen LogP contribution in [0.1, 0.15) is 21.5 Å². The number of hydrogen-bond donors (Lipinski definition) is 1. The van der Waals surface area contributed by atoms with Crippen molar-refractivity contribution in [1.82, 2.24) is 5.32 Å². The third-order valence-electron chi connectivity index (χ3n) is 5.08. The first-order chi connectivity index (χ1) is 15.4. The molecule has 1 aliphatic heterocycles. The summed E-state index contributed by atoms with van der Waals surface area (Å²) in [6, 6.07) is 20.3. The highest BCUT2D eigenvalue weighted by molar-refractivity contribution is 8.04. The smallest absolute Gasteiger partial charge is 0.264 e. The van der Waals surface area contributed by atoms with E-state index >= 15 is 0 Å². The SMILES string of the molecule is CN1C(=O)C(=Cc2cccc(Cl)c2)Sc2ccc(C(=O)NCCc3ccc(Cl)cc3)cc21.